The molecule has 2 atom stereocenters. The predicted octanol–water partition coefficient (Wildman–Crippen LogP) is 2.83. The Kier molecular flexibility index (Phi) is 5.54. The van der Waals surface area contributed by atoms with Gasteiger partial charge >= 0.3 is 0 Å². The van der Waals surface area contributed by atoms with Crippen LogP contribution in [0.15, 0.2) is 21.5 Å². The van der Waals surface area contributed by atoms with Gasteiger partial charge in [-0.05, 0) is 59.8 Å². The molecule has 0 amide bonds. The van der Waals surface area contributed by atoms with Crippen LogP contribution >= 0.6 is 28.3 Å². The van der Waals surface area contributed by atoms with Crippen LogP contribution in [-0.4, -0.2) is 37.9 Å². The number of nitrogens with one attached hydrogen (secondary N) is 1. The summed E-state index contributed by atoms with van der Waals surface area (Å²) in [7, 11) is -3.58. The highest BCUT2D eigenvalue weighted by Crippen LogP contribution is 2.29. The molecule has 2 unspecified atom stereocenters. The fraction of sp³-hybridized carbons (Fsp3) is 0.571. The van der Waals surface area contributed by atoms with Crippen molar-refractivity contribution in [2.24, 2.45) is 0 Å². The Hall–Kier alpha value is -0.210. The SMILES string of the molecule is Cc1cc(F)c(Br)cc1S(=O)(=O)N1CCC2CCC(C1)N2.Cl. The van der Waals surface area contributed by atoms with Crippen molar-refractivity contribution in [3.8, 4) is 0 Å². The van der Waals surface area contributed by atoms with E-state index >= 15 is 0 Å². The standard InChI is InChI=1S/C14H18BrFN2O2S.ClH/c1-9-6-13(16)12(15)7-14(9)21(19,20)18-5-4-10-2-3-11(8-18)17-10;/h6-7,10-11,17H,2-5,8H2,1H3;1H. The quantitative estimate of drug-likeness (QED) is 0.811. The number of aryl methyl sites for hydroxylation is 1. The van der Waals surface area contributed by atoms with Gasteiger partial charge in [0.2, 0.25) is 10.0 Å². The molecule has 22 heavy (non-hydrogen) atoms. The number of benzene rings is 1. The predicted molar refractivity (Wildman–Crippen MR) is 89.4 cm³/mol. The summed E-state index contributed by atoms with van der Waals surface area (Å²) in [6.07, 6.45) is 2.97. The minimum atomic E-state index is -3.58. The molecule has 2 bridgehead atoms. The van der Waals surface area contributed by atoms with Crippen molar-refractivity contribution in [1.29, 1.82) is 0 Å². The highest BCUT2D eigenvalue weighted by atomic mass is 79.9. The van der Waals surface area contributed by atoms with E-state index in [0.717, 1.165) is 19.3 Å². The lowest BCUT2D eigenvalue weighted by atomic mass is 10.1. The highest BCUT2D eigenvalue weighted by Gasteiger charge is 2.35. The molecular weight excluding hydrogens is 395 g/mol. The lowest BCUT2D eigenvalue weighted by Gasteiger charge is -2.24. The molecule has 0 saturated carbocycles. The maximum atomic E-state index is 13.5. The van der Waals surface area contributed by atoms with Crippen molar-refractivity contribution in [1.82, 2.24) is 9.62 Å². The second kappa shape index (κ2) is 6.73. The molecule has 2 aliphatic heterocycles. The van der Waals surface area contributed by atoms with E-state index in [2.05, 4.69) is 21.2 Å². The van der Waals surface area contributed by atoms with Gasteiger partial charge in [-0.25, -0.2) is 12.8 Å². The van der Waals surface area contributed by atoms with Crippen LogP contribution in [0.1, 0.15) is 24.8 Å². The van der Waals surface area contributed by atoms with Crippen LogP contribution in [0, 0.1) is 12.7 Å². The van der Waals surface area contributed by atoms with Crippen molar-refractivity contribution in [2.75, 3.05) is 13.1 Å². The third-order valence-corrected chi connectivity index (χ3v) is 6.94. The second-order valence-corrected chi connectivity index (χ2v) is 8.58. The van der Waals surface area contributed by atoms with Gasteiger partial charge in [-0.15, -0.1) is 12.4 Å². The number of fused-ring (bicyclic) bond motifs is 2. The van der Waals surface area contributed by atoms with Crippen LogP contribution in [0.4, 0.5) is 4.39 Å². The maximum Gasteiger partial charge on any atom is 0.243 e. The zero-order valence-corrected chi connectivity index (χ0v) is 15.4. The number of rotatable bonds is 2. The van der Waals surface area contributed by atoms with Gasteiger partial charge in [0.15, 0.2) is 0 Å². The minimum absolute atomic E-state index is 0. The largest absolute Gasteiger partial charge is 0.310 e. The van der Waals surface area contributed by atoms with Crippen molar-refractivity contribution in [2.45, 2.75) is 43.2 Å². The molecule has 2 saturated heterocycles. The first-order valence-electron chi connectivity index (χ1n) is 7.10. The van der Waals surface area contributed by atoms with E-state index in [9.17, 15) is 12.8 Å². The fourth-order valence-electron chi connectivity index (χ4n) is 3.17. The van der Waals surface area contributed by atoms with E-state index in [0.29, 0.717) is 24.7 Å². The summed E-state index contributed by atoms with van der Waals surface area (Å²) in [5.41, 5.74) is 0.443. The average Bonchev–Trinajstić information content (AvgIpc) is 2.72. The lowest BCUT2D eigenvalue weighted by Crippen LogP contribution is -2.39. The lowest BCUT2D eigenvalue weighted by molar-refractivity contribution is 0.383. The normalized spacial score (nSPS) is 25.6. The molecule has 0 aromatic heterocycles. The van der Waals surface area contributed by atoms with Gasteiger partial charge in [-0.1, -0.05) is 0 Å². The van der Waals surface area contributed by atoms with Crippen LogP contribution in [0.3, 0.4) is 0 Å². The van der Waals surface area contributed by atoms with E-state index in [-0.39, 0.29) is 27.8 Å². The van der Waals surface area contributed by atoms with Crippen molar-refractivity contribution in [3.63, 3.8) is 0 Å². The fourth-order valence-corrected chi connectivity index (χ4v) is 5.40. The van der Waals surface area contributed by atoms with Crippen molar-refractivity contribution in [3.05, 3.63) is 28.0 Å². The zero-order chi connectivity index (χ0) is 15.2. The molecule has 3 rings (SSSR count). The Morgan fingerprint density at radius 1 is 1.27 bits per heavy atom. The number of halogens is 3. The Labute approximate surface area is 145 Å². The number of hydrogen-bond donors (Lipinski definition) is 1. The number of nitrogens with zero attached hydrogens (tertiary/aromatic N) is 1. The molecule has 0 aliphatic carbocycles. The molecule has 2 heterocycles. The summed E-state index contributed by atoms with van der Waals surface area (Å²) in [6.45, 7) is 2.64. The summed E-state index contributed by atoms with van der Waals surface area (Å²) in [4.78, 5) is 0.188. The number of sulfonamides is 1. The third kappa shape index (κ3) is 3.33. The zero-order valence-electron chi connectivity index (χ0n) is 12.2. The highest BCUT2D eigenvalue weighted by molar-refractivity contribution is 9.10. The molecule has 1 aromatic carbocycles. The van der Waals surface area contributed by atoms with Crippen LogP contribution < -0.4 is 5.32 Å². The summed E-state index contributed by atoms with van der Waals surface area (Å²) in [5, 5.41) is 3.47. The Bertz CT molecular complexity index is 671. The molecule has 1 N–H and O–H groups in total. The van der Waals surface area contributed by atoms with Gasteiger partial charge in [0.05, 0.1) is 9.37 Å². The van der Waals surface area contributed by atoms with E-state index < -0.39 is 15.8 Å². The molecule has 0 spiro atoms. The third-order valence-electron chi connectivity index (χ3n) is 4.32. The summed E-state index contributed by atoms with van der Waals surface area (Å²) in [5.74, 6) is -0.442. The molecule has 2 aliphatic rings. The first-order valence-corrected chi connectivity index (χ1v) is 9.33. The van der Waals surface area contributed by atoms with Crippen LogP contribution in [0.5, 0.6) is 0 Å². The topological polar surface area (TPSA) is 49.4 Å². The van der Waals surface area contributed by atoms with Crippen LogP contribution in [0.2, 0.25) is 0 Å². The summed E-state index contributed by atoms with van der Waals surface area (Å²) < 4.78 is 40.9. The van der Waals surface area contributed by atoms with E-state index in [4.69, 9.17) is 0 Å². The van der Waals surface area contributed by atoms with Gasteiger partial charge < -0.3 is 5.32 Å². The summed E-state index contributed by atoms with van der Waals surface area (Å²) >= 11 is 3.07. The van der Waals surface area contributed by atoms with Gasteiger partial charge in [0, 0.05) is 25.2 Å². The number of hydrogen-bond acceptors (Lipinski definition) is 3. The minimum Gasteiger partial charge on any atom is -0.310 e. The van der Waals surface area contributed by atoms with Gasteiger partial charge in [0.25, 0.3) is 0 Å². The van der Waals surface area contributed by atoms with Gasteiger partial charge in [0.1, 0.15) is 5.82 Å². The maximum absolute atomic E-state index is 13.5. The van der Waals surface area contributed by atoms with E-state index in [1.54, 1.807) is 6.92 Å². The Morgan fingerprint density at radius 2 is 1.95 bits per heavy atom. The first-order chi connectivity index (χ1) is 9.88. The monoisotopic (exact) mass is 412 g/mol. The Balaban J connectivity index is 0.00000176. The van der Waals surface area contributed by atoms with E-state index in [1.807, 2.05) is 0 Å². The van der Waals surface area contributed by atoms with Crippen LogP contribution in [-0.2, 0) is 10.0 Å². The van der Waals surface area contributed by atoms with Crippen LogP contribution in [0.25, 0.3) is 0 Å². The average molecular weight is 414 g/mol. The second-order valence-electron chi connectivity index (χ2n) is 5.82. The molecular formula is C14H19BrClFN2O2S. The first kappa shape index (κ1) is 18.1. The van der Waals surface area contributed by atoms with Gasteiger partial charge in [-0.2, -0.15) is 4.31 Å². The molecule has 1 aromatic rings. The molecule has 8 heteroatoms. The van der Waals surface area contributed by atoms with Crippen molar-refractivity contribution < 1.29 is 12.8 Å². The summed E-state index contributed by atoms with van der Waals surface area (Å²) in [6, 6.07) is 3.29. The smallest absolute Gasteiger partial charge is 0.243 e. The molecule has 4 nitrogen and oxygen atoms in total. The molecule has 2 fully saturated rings. The Morgan fingerprint density at radius 3 is 2.68 bits per heavy atom. The van der Waals surface area contributed by atoms with Crippen molar-refractivity contribution >= 4 is 38.4 Å². The molecule has 0 radical (unpaired) electrons. The molecule has 124 valence electrons. The van der Waals surface area contributed by atoms with E-state index in [1.165, 1.54) is 16.4 Å². The van der Waals surface area contributed by atoms with Gasteiger partial charge in [-0.3, -0.25) is 0 Å².